The van der Waals surface area contributed by atoms with Crippen LogP contribution in [0.3, 0.4) is 0 Å². The van der Waals surface area contributed by atoms with Gasteiger partial charge in [0.15, 0.2) is 6.10 Å². The molecule has 1 aromatic rings. The van der Waals surface area contributed by atoms with Gasteiger partial charge < -0.3 is 19.9 Å². The number of nitrogens with one attached hydrogen (secondary N) is 1. The summed E-state index contributed by atoms with van der Waals surface area (Å²) < 4.78 is 19.6. The van der Waals surface area contributed by atoms with E-state index in [1.165, 1.54) is 25.3 Å². The maximum Gasteiger partial charge on any atom is 0.408 e. The van der Waals surface area contributed by atoms with Crippen LogP contribution in [-0.2, 0) is 14.9 Å². The lowest BCUT2D eigenvalue weighted by molar-refractivity contribution is -0.140. The van der Waals surface area contributed by atoms with Crippen LogP contribution in [0, 0.1) is 11.7 Å². The van der Waals surface area contributed by atoms with Crippen molar-refractivity contribution in [1.29, 1.82) is 0 Å². The molecule has 2 aliphatic heterocycles. The minimum absolute atomic E-state index is 0.0388. The zero-order valence-corrected chi connectivity index (χ0v) is 20.9. The van der Waals surface area contributed by atoms with Gasteiger partial charge in [-0.1, -0.05) is 46.0 Å². The molecule has 1 saturated carbocycles. The van der Waals surface area contributed by atoms with Gasteiger partial charge in [-0.25, -0.2) is 9.18 Å². The number of carbonyl (C=O) groups is 2. The second kappa shape index (κ2) is 10.5. The van der Waals surface area contributed by atoms with E-state index in [9.17, 15) is 14.0 Å². The molecule has 0 radical (unpaired) electrons. The van der Waals surface area contributed by atoms with Gasteiger partial charge >= 0.3 is 6.09 Å². The van der Waals surface area contributed by atoms with Crippen molar-refractivity contribution in [2.45, 2.75) is 89.7 Å². The Morgan fingerprint density at radius 3 is 2.56 bits per heavy atom. The molecule has 0 spiro atoms. The van der Waals surface area contributed by atoms with E-state index in [2.05, 4.69) is 24.1 Å². The van der Waals surface area contributed by atoms with E-state index < -0.39 is 12.2 Å². The van der Waals surface area contributed by atoms with Crippen LogP contribution in [0.1, 0.15) is 77.7 Å². The van der Waals surface area contributed by atoms with Gasteiger partial charge in [-0.2, -0.15) is 0 Å². The number of ether oxygens (including phenoxy) is 1. The molecule has 4 rings (SSSR count). The Kier molecular flexibility index (Phi) is 7.68. The van der Waals surface area contributed by atoms with Crippen LogP contribution in [0.4, 0.5) is 14.9 Å². The molecule has 2 heterocycles. The number of fused-ring (bicyclic) bond motifs is 1. The summed E-state index contributed by atoms with van der Waals surface area (Å²) >= 11 is 0. The monoisotopic (exact) mass is 473 g/mol. The lowest BCUT2D eigenvalue weighted by Gasteiger charge is -2.29. The van der Waals surface area contributed by atoms with Crippen LogP contribution in [0.5, 0.6) is 0 Å². The van der Waals surface area contributed by atoms with Crippen molar-refractivity contribution in [3.05, 3.63) is 29.6 Å². The predicted molar refractivity (Wildman–Crippen MR) is 132 cm³/mol. The minimum atomic E-state index is -0.706. The number of likely N-dealkylation sites (tertiary alicyclic amines) is 1. The highest BCUT2D eigenvalue weighted by Gasteiger charge is 2.36. The number of hydrogen-bond acceptors (Lipinski definition) is 4. The Morgan fingerprint density at radius 2 is 1.85 bits per heavy atom. The maximum atomic E-state index is 13.8. The minimum Gasteiger partial charge on any atom is -0.436 e. The highest BCUT2D eigenvalue weighted by molar-refractivity contribution is 5.83. The summed E-state index contributed by atoms with van der Waals surface area (Å²) in [5, 5.41) is 2.94. The molecule has 34 heavy (non-hydrogen) atoms. The summed E-state index contributed by atoms with van der Waals surface area (Å²) in [5.41, 5.74) is 1.84. The van der Waals surface area contributed by atoms with Crippen molar-refractivity contribution in [3.8, 4) is 0 Å². The summed E-state index contributed by atoms with van der Waals surface area (Å²) in [6, 6.07) is 4.73. The lowest BCUT2D eigenvalue weighted by Crippen LogP contribution is -2.46. The molecular formula is C27H40FN3O3. The van der Waals surface area contributed by atoms with Crippen LogP contribution in [0.15, 0.2) is 18.2 Å². The number of anilines is 1. The SMILES string of the molecule is C[C@@H](CN1CC(C)(C)c2cc(F)ccc21)NC(=O)O[C@@H](CC1CCCCC1)C(=O)N1CCCC1. The van der Waals surface area contributed by atoms with E-state index in [0.717, 1.165) is 56.6 Å². The second-order valence-electron chi connectivity index (χ2n) is 11.1. The van der Waals surface area contributed by atoms with Gasteiger partial charge in [-0.3, -0.25) is 4.79 Å². The number of nitrogens with zero attached hydrogens (tertiary/aromatic N) is 2. The van der Waals surface area contributed by atoms with E-state index in [-0.39, 0.29) is 23.2 Å². The molecule has 2 amide bonds. The van der Waals surface area contributed by atoms with Gasteiger partial charge in [0.2, 0.25) is 0 Å². The fourth-order valence-corrected chi connectivity index (χ4v) is 5.94. The average Bonchev–Trinajstić information content (AvgIpc) is 3.40. The van der Waals surface area contributed by atoms with Gasteiger partial charge in [0.1, 0.15) is 5.82 Å². The summed E-state index contributed by atoms with van der Waals surface area (Å²) in [7, 11) is 0. The molecule has 1 aliphatic carbocycles. The molecule has 0 bridgehead atoms. The molecule has 1 saturated heterocycles. The van der Waals surface area contributed by atoms with Crippen molar-refractivity contribution in [1.82, 2.24) is 10.2 Å². The number of benzene rings is 1. The van der Waals surface area contributed by atoms with Gasteiger partial charge in [0, 0.05) is 43.3 Å². The predicted octanol–water partition coefficient (Wildman–Crippen LogP) is 5.00. The van der Waals surface area contributed by atoms with E-state index in [1.54, 1.807) is 6.07 Å². The first-order chi connectivity index (χ1) is 16.2. The number of carbonyl (C=O) groups excluding carboxylic acids is 2. The Bertz CT molecular complexity index is 878. The molecule has 188 valence electrons. The summed E-state index contributed by atoms with van der Waals surface area (Å²) in [6.45, 7) is 9.01. The highest BCUT2D eigenvalue weighted by atomic mass is 19.1. The fourth-order valence-electron chi connectivity index (χ4n) is 5.94. The van der Waals surface area contributed by atoms with Gasteiger partial charge in [0.05, 0.1) is 0 Å². The Hall–Kier alpha value is -2.31. The Morgan fingerprint density at radius 1 is 1.15 bits per heavy atom. The molecule has 1 aromatic carbocycles. The standard InChI is InChI=1S/C27H40FN3O3/c1-19(17-31-18-27(2,3)22-16-21(28)11-12-23(22)31)29-26(33)34-24(15-20-9-5-4-6-10-20)25(32)30-13-7-8-14-30/h11-12,16,19-20,24H,4-10,13-15,17-18H2,1-3H3,(H,29,33)/t19-,24-/m0/s1. The summed E-state index contributed by atoms with van der Waals surface area (Å²) in [6.07, 6.45) is 7.27. The number of rotatable bonds is 7. The van der Waals surface area contributed by atoms with Crippen molar-refractivity contribution in [2.75, 3.05) is 31.1 Å². The van der Waals surface area contributed by atoms with Gasteiger partial charge in [-0.05, 0) is 55.9 Å². The molecule has 1 N–H and O–H groups in total. The normalized spacial score (nSPS) is 21.8. The number of halogens is 1. The van der Waals surface area contributed by atoms with Crippen molar-refractivity contribution in [2.24, 2.45) is 5.92 Å². The lowest BCUT2D eigenvalue weighted by atomic mass is 9.85. The maximum absolute atomic E-state index is 13.8. The number of hydrogen-bond donors (Lipinski definition) is 1. The molecular weight excluding hydrogens is 433 g/mol. The van der Waals surface area contributed by atoms with Crippen LogP contribution >= 0.6 is 0 Å². The molecule has 2 fully saturated rings. The summed E-state index contributed by atoms with van der Waals surface area (Å²) in [4.78, 5) is 30.0. The van der Waals surface area contributed by atoms with E-state index in [4.69, 9.17) is 4.74 Å². The third kappa shape index (κ3) is 5.84. The van der Waals surface area contributed by atoms with Crippen molar-refractivity contribution >= 4 is 17.7 Å². The first-order valence-corrected chi connectivity index (χ1v) is 13.0. The Balaban J connectivity index is 1.36. The van der Waals surface area contributed by atoms with E-state index in [1.807, 2.05) is 17.9 Å². The number of amides is 2. The quantitative estimate of drug-likeness (QED) is 0.605. The zero-order chi connectivity index (χ0) is 24.3. The average molecular weight is 474 g/mol. The topological polar surface area (TPSA) is 61.9 Å². The van der Waals surface area contributed by atoms with Gasteiger partial charge in [0.25, 0.3) is 5.91 Å². The van der Waals surface area contributed by atoms with Crippen LogP contribution in [-0.4, -0.2) is 55.2 Å². The smallest absolute Gasteiger partial charge is 0.408 e. The molecule has 0 unspecified atom stereocenters. The molecule has 6 nitrogen and oxygen atoms in total. The molecule has 0 aromatic heterocycles. The van der Waals surface area contributed by atoms with E-state index in [0.29, 0.717) is 18.9 Å². The fraction of sp³-hybridized carbons (Fsp3) is 0.704. The molecule has 2 atom stereocenters. The van der Waals surface area contributed by atoms with Crippen LogP contribution in [0.2, 0.25) is 0 Å². The highest BCUT2D eigenvalue weighted by Crippen LogP contribution is 2.40. The largest absolute Gasteiger partial charge is 0.436 e. The third-order valence-corrected chi connectivity index (χ3v) is 7.69. The first-order valence-electron chi connectivity index (χ1n) is 13.0. The zero-order valence-electron chi connectivity index (χ0n) is 20.9. The first kappa shape index (κ1) is 24.8. The van der Waals surface area contributed by atoms with Crippen molar-refractivity contribution in [3.63, 3.8) is 0 Å². The Labute approximate surface area is 203 Å². The van der Waals surface area contributed by atoms with Gasteiger partial charge in [-0.15, -0.1) is 0 Å². The third-order valence-electron chi connectivity index (χ3n) is 7.69. The van der Waals surface area contributed by atoms with Crippen LogP contribution in [0.25, 0.3) is 0 Å². The van der Waals surface area contributed by atoms with Crippen LogP contribution < -0.4 is 10.2 Å². The molecule has 3 aliphatic rings. The summed E-state index contributed by atoms with van der Waals surface area (Å²) in [5.74, 6) is 0.178. The molecule has 7 heteroatoms. The second-order valence-corrected chi connectivity index (χ2v) is 11.1. The number of alkyl carbamates (subject to hydrolysis) is 1. The van der Waals surface area contributed by atoms with Crippen molar-refractivity contribution < 1.29 is 18.7 Å². The van der Waals surface area contributed by atoms with E-state index >= 15 is 0 Å².